The van der Waals surface area contributed by atoms with Crippen molar-refractivity contribution >= 4 is 5.69 Å². The van der Waals surface area contributed by atoms with Crippen molar-refractivity contribution in [3.8, 4) is 6.07 Å². The number of nitriles is 1. The summed E-state index contributed by atoms with van der Waals surface area (Å²) in [6.45, 7) is 2.89. The van der Waals surface area contributed by atoms with Crippen LogP contribution >= 0.6 is 0 Å². The van der Waals surface area contributed by atoms with Crippen molar-refractivity contribution in [2.45, 2.75) is 38.2 Å². The number of rotatable bonds is 5. The Kier molecular flexibility index (Phi) is 5.21. The first-order valence-electron chi connectivity index (χ1n) is 6.44. The summed E-state index contributed by atoms with van der Waals surface area (Å²) in [5, 5.41) is 19.9. The predicted molar refractivity (Wildman–Crippen MR) is 70.6 cm³/mol. The number of nitrogens with one attached hydrogen (secondary N) is 1. The molecule has 1 unspecified atom stereocenters. The molecule has 1 atom stereocenters. The molecule has 0 amide bonds. The lowest BCUT2D eigenvalue weighted by Gasteiger charge is -2.31. The summed E-state index contributed by atoms with van der Waals surface area (Å²) < 4.78 is 78.0. The summed E-state index contributed by atoms with van der Waals surface area (Å²) in [5.41, 5.74) is -0.666. The zero-order valence-electron chi connectivity index (χ0n) is 12.2. The molecular weight excluding hydrogens is 326 g/mol. The van der Waals surface area contributed by atoms with E-state index in [0.717, 1.165) is 0 Å². The second-order valence-electron chi connectivity index (χ2n) is 5.01. The third-order valence-electron chi connectivity index (χ3n) is 3.23. The standard InChI is InChI=1S/C14H14F6N2O/c1-8-6-10(7-9(2)11(8)22-5-3-4-21)12(15,16)13(17,23)14(18,19)20/h6-7,22-23H,3,5H2,1-2H3. The number of benzene rings is 1. The fourth-order valence-electron chi connectivity index (χ4n) is 2.04. The smallest absolute Gasteiger partial charge is 0.384 e. The van der Waals surface area contributed by atoms with Gasteiger partial charge in [0, 0.05) is 17.8 Å². The molecule has 23 heavy (non-hydrogen) atoms. The molecule has 1 aromatic carbocycles. The molecule has 0 aliphatic heterocycles. The summed E-state index contributed by atoms with van der Waals surface area (Å²) in [6, 6.07) is 3.19. The maximum absolute atomic E-state index is 13.8. The molecule has 0 fully saturated rings. The lowest BCUT2D eigenvalue weighted by Crippen LogP contribution is -2.53. The van der Waals surface area contributed by atoms with Gasteiger partial charge in [0.2, 0.25) is 0 Å². The van der Waals surface area contributed by atoms with Gasteiger partial charge in [-0.2, -0.15) is 31.6 Å². The number of aliphatic hydroxyl groups is 1. The Balaban J connectivity index is 3.28. The van der Waals surface area contributed by atoms with Crippen LogP contribution in [-0.2, 0) is 5.92 Å². The van der Waals surface area contributed by atoms with Crippen molar-refractivity contribution in [3.63, 3.8) is 0 Å². The number of hydrogen-bond acceptors (Lipinski definition) is 3. The van der Waals surface area contributed by atoms with E-state index in [2.05, 4.69) is 5.32 Å². The van der Waals surface area contributed by atoms with Gasteiger partial charge in [-0.15, -0.1) is 0 Å². The normalized spacial score (nSPS) is 15.0. The van der Waals surface area contributed by atoms with Gasteiger partial charge in [-0.3, -0.25) is 0 Å². The number of nitrogens with zero attached hydrogens (tertiary/aromatic N) is 1. The summed E-state index contributed by atoms with van der Waals surface area (Å²) >= 11 is 0. The number of alkyl halides is 6. The summed E-state index contributed by atoms with van der Waals surface area (Å²) in [6.07, 6.45) is -6.02. The van der Waals surface area contributed by atoms with Crippen molar-refractivity contribution in [1.82, 2.24) is 0 Å². The van der Waals surface area contributed by atoms with Gasteiger partial charge in [-0.1, -0.05) is 0 Å². The van der Waals surface area contributed by atoms with Crippen LogP contribution in [0.3, 0.4) is 0 Å². The summed E-state index contributed by atoms with van der Waals surface area (Å²) in [5.74, 6) is -10.9. The molecule has 3 nitrogen and oxygen atoms in total. The first-order chi connectivity index (χ1) is 10.4. The lowest BCUT2D eigenvalue weighted by molar-refractivity contribution is -0.390. The number of anilines is 1. The highest BCUT2D eigenvalue weighted by Crippen LogP contribution is 2.49. The molecule has 0 heterocycles. The zero-order valence-corrected chi connectivity index (χ0v) is 12.2. The van der Waals surface area contributed by atoms with Gasteiger partial charge in [-0.25, -0.2) is 0 Å². The highest BCUT2D eigenvalue weighted by atomic mass is 19.4. The van der Waals surface area contributed by atoms with Crippen LogP contribution in [0.1, 0.15) is 23.1 Å². The molecule has 9 heteroatoms. The van der Waals surface area contributed by atoms with E-state index in [-0.39, 0.29) is 24.1 Å². The van der Waals surface area contributed by atoms with Gasteiger partial charge in [0.1, 0.15) is 0 Å². The van der Waals surface area contributed by atoms with Crippen LogP contribution in [0.4, 0.5) is 32.0 Å². The number of aryl methyl sites for hydroxylation is 2. The molecule has 0 spiro atoms. The van der Waals surface area contributed by atoms with Crippen molar-refractivity contribution in [2.24, 2.45) is 0 Å². The van der Waals surface area contributed by atoms with Crippen molar-refractivity contribution < 1.29 is 31.4 Å². The highest BCUT2D eigenvalue weighted by Gasteiger charge is 2.71. The summed E-state index contributed by atoms with van der Waals surface area (Å²) in [7, 11) is 0. The van der Waals surface area contributed by atoms with Gasteiger partial charge in [0.15, 0.2) is 0 Å². The van der Waals surface area contributed by atoms with Crippen molar-refractivity contribution in [1.29, 1.82) is 5.26 Å². The van der Waals surface area contributed by atoms with E-state index in [1.807, 2.05) is 6.07 Å². The van der Waals surface area contributed by atoms with E-state index in [0.29, 0.717) is 17.8 Å². The van der Waals surface area contributed by atoms with E-state index >= 15 is 0 Å². The molecule has 1 aromatic rings. The van der Waals surface area contributed by atoms with Crippen LogP contribution in [0.5, 0.6) is 0 Å². The molecule has 0 aromatic heterocycles. The van der Waals surface area contributed by atoms with Gasteiger partial charge < -0.3 is 10.4 Å². The molecule has 0 aliphatic rings. The average Bonchev–Trinajstić information content (AvgIpc) is 2.40. The molecule has 0 saturated heterocycles. The minimum atomic E-state index is -6.15. The quantitative estimate of drug-likeness (QED) is 0.630. The van der Waals surface area contributed by atoms with Crippen LogP contribution in [0.25, 0.3) is 0 Å². The fraction of sp³-hybridized carbons (Fsp3) is 0.500. The topological polar surface area (TPSA) is 56.0 Å². The van der Waals surface area contributed by atoms with Gasteiger partial charge in [-0.05, 0) is 37.1 Å². The molecular formula is C14H14F6N2O. The Morgan fingerprint density at radius 2 is 1.57 bits per heavy atom. The van der Waals surface area contributed by atoms with E-state index in [4.69, 9.17) is 10.4 Å². The zero-order chi connectivity index (χ0) is 18.1. The van der Waals surface area contributed by atoms with Crippen molar-refractivity contribution in [2.75, 3.05) is 11.9 Å². The minimum absolute atomic E-state index is 0.134. The summed E-state index contributed by atoms with van der Waals surface area (Å²) in [4.78, 5) is 0. The molecule has 128 valence electrons. The Morgan fingerprint density at radius 1 is 1.09 bits per heavy atom. The van der Waals surface area contributed by atoms with Crippen LogP contribution in [0.2, 0.25) is 0 Å². The fourth-order valence-corrected chi connectivity index (χ4v) is 2.04. The average molecular weight is 340 g/mol. The molecule has 1 rings (SSSR count). The number of hydrogen-bond donors (Lipinski definition) is 2. The maximum atomic E-state index is 13.8. The molecule has 2 N–H and O–H groups in total. The predicted octanol–water partition coefficient (Wildman–Crippen LogP) is 3.94. The van der Waals surface area contributed by atoms with Crippen LogP contribution in [0.15, 0.2) is 12.1 Å². The van der Waals surface area contributed by atoms with E-state index in [1.165, 1.54) is 13.8 Å². The second kappa shape index (κ2) is 6.28. The van der Waals surface area contributed by atoms with E-state index in [9.17, 15) is 26.3 Å². The largest absolute Gasteiger partial charge is 0.455 e. The Morgan fingerprint density at radius 3 is 1.96 bits per heavy atom. The molecule has 0 saturated carbocycles. The third kappa shape index (κ3) is 3.52. The SMILES string of the molecule is Cc1cc(C(F)(F)C(O)(F)C(F)(F)F)cc(C)c1NCCC#N. The Labute approximate surface area is 128 Å². The monoisotopic (exact) mass is 340 g/mol. The van der Waals surface area contributed by atoms with E-state index in [1.54, 1.807) is 0 Å². The van der Waals surface area contributed by atoms with Gasteiger partial charge in [0.25, 0.3) is 0 Å². The Hall–Kier alpha value is -1.95. The van der Waals surface area contributed by atoms with Gasteiger partial charge >= 0.3 is 18.0 Å². The molecule has 0 bridgehead atoms. The van der Waals surface area contributed by atoms with Crippen LogP contribution in [-0.4, -0.2) is 23.7 Å². The third-order valence-corrected chi connectivity index (χ3v) is 3.23. The molecule has 0 radical (unpaired) electrons. The van der Waals surface area contributed by atoms with Crippen LogP contribution in [0, 0.1) is 25.2 Å². The van der Waals surface area contributed by atoms with E-state index < -0.39 is 23.5 Å². The lowest BCUT2D eigenvalue weighted by atomic mass is 9.95. The van der Waals surface area contributed by atoms with Gasteiger partial charge in [0.05, 0.1) is 12.5 Å². The molecule has 0 aliphatic carbocycles. The maximum Gasteiger partial charge on any atom is 0.455 e. The second-order valence-corrected chi connectivity index (χ2v) is 5.01. The minimum Gasteiger partial charge on any atom is -0.384 e. The number of halogens is 6. The Bertz CT molecular complexity index is 596. The highest BCUT2D eigenvalue weighted by molar-refractivity contribution is 5.59. The van der Waals surface area contributed by atoms with Crippen LogP contribution < -0.4 is 5.32 Å². The first kappa shape index (κ1) is 19.1. The van der Waals surface area contributed by atoms with Crippen molar-refractivity contribution in [3.05, 3.63) is 28.8 Å². The first-order valence-corrected chi connectivity index (χ1v) is 6.44.